The van der Waals surface area contributed by atoms with Crippen molar-refractivity contribution >= 4 is 0 Å². The minimum absolute atomic E-state index is 0.896. The number of nitrogens with zero attached hydrogens (tertiary/aromatic N) is 2. The zero-order valence-electron chi connectivity index (χ0n) is 12.3. The Morgan fingerprint density at radius 3 is 2.72 bits per heavy atom. The summed E-state index contributed by atoms with van der Waals surface area (Å²) in [5, 5.41) is 3.56. The molecule has 0 aromatic carbocycles. The molecule has 3 nitrogen and oxygen atoms in total. The summed E-state index contributed by atoms with van der Waals surface area (Å²) in [5.41, 5.74) is 0. The van der Waals surface area contributed by atoms with Gasteiger partial charge < -0.3 is 10.2 Å². The Morgan fingerprint density at radius 2 is 2.06 bits per heavy atom. The molecule has 1 aliphatic carbocycles. The van der Waals surface area contributed by atoms with Crippen LogP contribution in [0.15, 0.2) is 0 Å². The highest BCUT2D eigenvalue weighted by Gasteiger charge is 2.28. The van der Waals surface area contributed by atoms with Gasteiger partial charge in [-0.15, -0.1) is 0 Å². The predicted octanol–water partition coefficient (Wildman–Crippen LogP) is 1.79. The largest absolute Gasteiger partial charge is 0.316 e. The van der Waals surface area contributed by atoms with Crippen molar-refractivity contribution in [1.82, 2.24) is 15.1 Å². The van der Waals surface area contributed by atoms with Crippen molar-refractivity contribution in [3.8, 4) is 0 Å². The summed E-state index contributed by atoms with van der Waals surface area (Å²) in [6, 6.07) is 0.930. The molecule has 0 aromatic rings. The second kappa shape index (κ2) is 7.46. The molecule has 1 unspecified atom stereocenters. The van der Waals surface area contributed by atoms with E-state index in [4.69, 9.17) is 0 Å². The normalized spacial score (nSPS) is 25.2. The standard InChI is InChI=1S/C15H31N3/c1-3-8-16-12-14-7-9-17(13-14)10-11-18(4-2)15-5-6-15/h14-16H,3-13H2,1-2H3. The SMILES string of the molecule is CCCNCC1CCN(CCN(CC)C2CC2)C1. The van der Waals surface area contributed by atoms with Gasteiger partial charge in [-0.1, -0.05) is 13.8 Å². The van der Waals surface area contributed by atoms with Crippen molar-refractivity contribution in [1.29, 1.82) is 0 Å². The van der Waals surface area contributed by atoms with Gasteiger partial charge >= 0.3 is 0 Å². The molecule has 1 saturated heterocycles. The molecule has 0 radical (unpaired) electrons. The summed E-state index contributed by atoms with van der Waals surface area (Å²) < 4.78 is 0. The molecule has 3 heteroatoms. The fourth-order valence-electron chi connectivity index (χ4n) is 3.07. The molecule has 1 heterocycles. The van der Waals surface area contributed by atoms with Gasteiger partial charge in [0, 0.05) is 25.7 Å². The Morgan fingerprint density at radius 1 is 1.22 bits per heavy atom. The van der Waals surface area contributed by atoms with Crippen LogP contribution in [0.5, 0.6) is 0 Å². The van der Waals surface area contributed by atoms with E-state index in [1.165, 1.54) is 71.5 Å². The Kier molecular flexibility index (Phi) is 5.93. The molecule has 1 N–H and O–H groups in total. The molecule has 1 aliphatic heterocycles. The Bertz CT molecular complexity index is 228. The monoisotopic (exact) mass is 253 g/mol. The van der Waals surface area contributed by atoms with Crippen LogP contribution in [0.1, 0.15) is 39.5 Å². The highest BCUT2D eigenvalue weighted by Crippen LogP contribution is 2.26. The van der Waals surface area contributed by atoms with Gasteiger partial charge in [-0.05, 0) is 57.8 Å². The van der Waals surface area contributed by atoms with E-state index in [0.717, 1.165) is 12.0 Å². The molecule has 1 atom stereocenters. The summed E-state index contributed by atoms with van der Waals surface area (Å²) in [7, 11) is 0. The number of hydrogen-bond acceptors (Lipinski definition) is 3. The van der Waals surface area contributed by atoms with Crippen molar-refractivity contribution in [3.05, 3.63) is 0 Å². The van der Waals surface area contributed by atoms with Gasteiger partial charge in [-0.3, -0.25) is 4.90 Å². The van der Waals surface area contributed by atoms with Gasteiger partial charge in [0.15, 0.2) is 0 Å². The number of nitrogens with one attached hydrogen (secondary N) is 1. The minimum Gasteiger partial charge on any atom is -0.316 e. The number of likely N-dealkylation sites (tertiary alicyclic amines) is 1. The summed E-state index contributed by atoms with van der Waals surface area (Å²) in [5.74, 6) is 0.896. The molecule has 0 aromatic heterocycles. The average molecular weight is 253 g/mol. The average Bonchev–Trinajstić information content (AvgIpc) is 3.11. The molecular formula is C15H31N3. The van der Waals surface area contributed by atoms with Crippen LogP contribution < -0.4 is 5.32 Å². The lowest BCUT2D eigenvalue weighted by molar-refractivity contribution is 0.222. The van der Waals surface area contributed by atoms with Crippen molar-refractivity contribution in [2.45, 2.75) is 45.6 Å². The molecule has 106 valence electrons. The topological polar surface area (TPSA) is 18.5 Å². The summed E-state index contributed by atoms with van der Waals surface area (Å²) in [4.78, 5) is 5.34. The van der Waals surface area contributed by atoms with Crippen molar-refractivity contribution in [2.75, 3.05) is 45.8 Å². The lowest BCUT2D eigenvalue weighted by atomic mass is 10.1. The first-order chi connectivity index (χ1) is 8.83. The van der Waals surface area contributed by atoms with Gasteiger partial charge in [0.1, 0.15) is 0 Å². The van der Waals surface area contributed by atoms with Crippen LogP contribution in [0.3, 0.4) is 0 Å². The highest BCUT2D eigenvalue weighted by atomic mass is 15.2. The molecule has 2 aliphatic rings. The van der Waals surface area contributed by atoms with Crippen LogP contribution in [0.25, 0.3) is 0 Å². The van der Waals surface area contributed by atoms with Crippen LogP contribution >= 0.6 is 0 Å². The Labute approximate surface area is 113 Å². The fraction of sp³-hybridized carbons (Fsp3) is 1.00. The van der Waals surface area contributed by atoms with E-state index in [1.807, 2.05) is 0 Å². The highest BCUT2D eigenvalue weighted by molar-refractivity contribution is 4.85. The zero-order chi connectivity index (χ0) is 12.8. The maximum Gasteiger partial charge on any atom is 0.0112 e. The van der Waals surface area contributed by atoms with Crippen molar-refractivity contribution < 1.29 is 0 Å². The molecular weight excluding hydrogens is 222 g/mol. The van der Waals surface area contributed by atoms with E-state index >= 15 is 0 Å². The number of hydrogen-bond donors (Lipinski definition) is 1. The summed E-state index contributed by atoms with van der Waals surface area (Å²) >= 11 is 0. The minimum atomic E-state index is 0.896. The van der Waals surface area contributed by atoms with Crippen LogP contribution in [-0.2, 0) is 0 Å². The molecule has 0 spiro atoms. The second-order valence-corrected chi connectivity index (χ2v) is 6.02. The molecule has 0 bridgehead atoms. The first-order valence-corrected chi connectivity index (χ1v) is 8.00. The van der Waals surface area contributed by atoms with E-state index in [2.05, 4.69) is 29.0 Å². The van der Waals surface area contributed by atoms with Crippen LogP contribution in [0.4, 0.5) is 0 Å². The van der Waals surface area contributed by atoms with Gasteiger partial charge in [0.25, 0.3) is 0 Å². The zero-order valence-corrected chi connectivity index (χ0v) is 12.3. The van der Waals surface area contributed by atoms with Crippen LogP contribution in [-0.4, -0.2) is 61.7 Å². The van der Waals surface area contributed by atoms with Gasteiger partial charge in [0.2, 0.25) is 0 Å². The third kappa shape index (κ3) is 4.52. The number of rotatable bonds is 9. The van der Waals surface area contributed by atoms with Gasteiger partial charge in [-0.2, -0.15) is 0 Å². The smallest absolute Gasteiger partial charge is 0.0112 e. The summed E-state index contributed by atoms with van der Waals surface area (Å²) in [6.45, 7) is 13.4. The quantitative estimate of drug-likeness (QED) is 0.632. The molecule has 0 amide bonds. The van der Waals surface area contributed by atoms with Gasteiger partial charge in [0.05, 0.1) is 0 Å². The Hall–Kier alpha value is -0.120. The maximum absolute atomic E-state index is 3.56. The second-order valence-electron chi connectivity index (χ2n) is 6.02. The first kappa shape index (κ1) is 14.3. The van der Waals surface area contributed by atoms with E-state index in [-0.39, 0.29) is 0 Å². The lowest BCUT2D eigenvalue weighted by Crippen LogP contribution is -2.36. The third-order valence-corrected chi connectivity index (χ3v) is 4.40. The van der Waals surface area contributed by atoms with E-state index in [1.54, 1.807) is 0 Å². The molecule has 1 saturated carbocycles. The Balaban J connectivity index is 1.57. The van der Waals surface area contributed by atoms with Crippen molar-refractivity contribution in [3.63, 3.8) is 0 Å². The van der Waals surface area contributed by atoms with Crippen LogP contribution in [0, 0.1) is 5.92 Å². The lowest BCUT2D eigenvalue weighted by Gasteiger charge is -2.24. The molecule has 2 rings (SSSR count). The van der Waals surface area contributed by atoms with Crippen molar-refractivity contribution in [2.24, 2.45) is 5.92 Å². The van der Waals surface area contributed by atoms with Crippen LogP contribution in [0.2, 0.25) is 0 Å². The van der Waals surface area contributed by atoms with E-state index in [9.17, 15) is 0 Å². The fourth-order valence-corrected chi connectivity index (χ4v) is 3.07. The number of likely N-dealkylation sites (N-methyl/N-ethyl adjacent to an activating group) is 1. The summed E-state index contributed by atoms with van der Waals surface area (Å²) in [6.07, 6.45) is 5.53. The van der Waals surface area contributed by atoms with E-state index < -0.39 is 0 Å². The predicted molar refractivity (Wildman–Crippen MR) is 78.0 cm³/mol. The molecule has 2 fully saturated rings. The molecule has 18 heavy (non-hydrogen) atoms. The van der Waals surface area contributed by atoms with Gasteiger partial charge in [-0.25, -0.2) is 0 Å². The third-order valence-electron chi connectivity index (χ3n) is 4.40. The van der Waals surface area contributed by atoms with E-state index in [0.29, 0.717) is 0 Å². The first-order valence-electron chi connectivity index (χ1n) is 8.00. The maximum atomic E-state index is 3.56.